The molecule has 0 aliphatic heterocycles. The van der Waals surface area contributed by atoms with E-state index in [1.165, 1.54) is 34.9 Å². The first-order chi connectivity index (χ1) is 7.61. The van der Waals surface area contributed by atoms with Gasteiger partial charge in [-0.3, -0.25) is 0 Å². The van der Waals surface area contributed by atoms with Crippen molar-refractivity contribution < 1.29 is 0 Å². The van der Waals surface area contributed by atoms with Gasteiger partial charge in [-0.25, -0.2) is 0 Å². The third-order valence-electron chi connectivity index (χ3n) is 3.48. The van der Waals surface area contributed by atoms with Gasteiger partial charge in [-0.15, -0.1) is 6.58 Å². The highest BCUT2D eigenvalue weighted by atomic mass is 79.9. The number of halogens is 2. The van der Waals surface area contributed by atoms with Crippen LogP contribution in [-0.2, 0) is 0 Å². The molecule has 2 heteroatoms. The van der Waals surface area contributed by atoms with E-state index < -0.39 is 0 Å². The molecule has 0 amide bonds. The van der Waals surface area contributed by atoms with Gasteiger partial charge in [-0.2, -0.15) is 0 Å². The van der Waals surface area contributed by atoms with E-state index in [2.05, 4.69) is 57.5 Å². The van der Waals surface area contributed by atoms with Gasteiger partial charge in [0, 0.05) is 8.95 Å². The smallest absolute Gasteiger partial charge is 0.0320 e. The van der Waals surface area contributed by atoms with Crippen molar-refractivity contribution in [2.75, 3.05) is 0 Å². The molecule has 1 saturated carbocycles. The molecular formula is C14H16Br2. The van der Waals surface area contributed by atoms with Crippen molar-refractivity contribution in [1.82, 2.24) is 0 Å². The summed E-state index contributed by atoms with van der Waals surface area (Å²) in [5.74, 6) is 1.62. The van der Waals surface area contributed by atoms with E-state index >= 15 is 0 Å². The molecule has 0 bridgehead atoms. The first-order valence-corrected chi connectivity index (χ1v) is 7.27. The van der Waals surface area contributed by atoms with E-state index in [0.29, 0.717) is 0 Å². The minimum Gasteiger partial charge on any atom is -0.103 e. The Morgan fingerprint density at radius 2 is 1.94 bits per heavy atom. The number of rotatable bonds is 3. The summed E-state index contributed by atoms with van der Waals surface area (Å²) in [6.45, 7) is 6.01. The molecule has 0 N–H and O–H groups in total. The quantitative estimate of drug-likeness (QED) is 0.627. The van der Waals surface area contributed by atoms with Crippen molar-refractivity contribution in [3.8, 4) is 0 Å². The van der Waals surface area contributed by atoms with Gasteiger partial charge in [0.15, 0.2) is 0 Å². The van der Waals surface area contributed by atoms with Crippen LogP contribution in [0.25, 0.3) is 0 Å². The van der Waals surface area contributed by atoms with Crippen molar-refractivity contribution in [3.05, 3.63) is 44.9 Å². The zero-order valence-electron chi connectivity index (χ0n) is 9.47. The second kappa shape index (κ2) is 5.05. The second-order valence-electron chi connectivity index (χ2n) is 4.68. The molecule has 16 heavy (non-hydrogen) atoms. The summed E-state index contributed by atoms with van der Waals surface area (Å²) in [4.78, 5) is 0. The van der Waals surface area contributed by atoms with Crippen LogP contribution in [0.5, 0.6) is 0 Å². The normalized spacial score (nSPS) is 23.9. The van der Waals surface area contributed by atoms with Crippen molar-refractivity contribution in [2.45, 2.75) is 32.1 Å². The third kappa shape index (κ3) is 2.43. The fourth-order valence-corrected chi connectivity index (χ4v) is 3.34. The third-order valence-corrected chi connectivity index (χ3v) is 5.33. The minimum atomic E-state index is 0.759. The first kappa shape index (κ1) is 12.4. The molecule has 0 radical (unpaired) electrons. The van der Waals surface area contributed by atoms with Crippen LogP contribution >= 0.6 is 31.9 Å². The number of allylic oxidation sites excluding steroid dienone is 1. The van der Waals surface area contributed by atoms with Crippen molar-refractivity contribution in [1.29, 1.82) is 0 Å². The van der Waals surface area contributed by atoms with Gasteiger partial charge in [0.1, 0.15) is 0 Å². The Balaban J connectivity index is 2.11. The Morgan fingerprint density at radius 1 is 1.31 bits per heavy atom. The predicted molar refractivity (Wildman–Crippen MR) is 76.9 cm³/mol. The lowest BCUT2D eigenvalue weighted by atomic mass is 9.69. The first-order valence-electron chi connectivity index (χ1n) is 5.68. The average molecular weight is 344 g/mol. The second-order valence-corrected chi connectivity index (χ2v) is 6.39. The lowest BCUT2D eigenvalue weighted by Gasteiger charge is -2.36. The zero-order chi connectivity index (χ0) is 11.7. The van der Waals surface area contributed by atoms with Gasteiger partial charge in [0.05, 0.1) is 0 Å². The van der Waals surface area contributed by atoms with E-state index in [0.717, 1.165) is 16.3 Å². The zero-order valence-corrected chi connectivity index (χ0v) is 12.6. The topological polar surface area (TPSA) is 0 Å². The highest BCUT2D eigenvalue weighted by Gasteiger charge is 2.30. The van der Waals surface area contributed by atoms with E-state index in [1.807, 2.05) is 6.08 Å². The fourth-order valence-electron chi connectivity index (χ4n) is 2.52. The summed E-state index contributed by atoms with van der Waals surface area (Å²) in [5, 5.41) is 0. The molecule has 0 spiro atoms. The number of hydrogen-bond acceptors (Lipinski definition) is 0. The summed E-state index contributed by atoms with van der Waals surface area (Å²) in [7, 11) is 0. The van der Waals surface area contributed by atoms with Crippen molar-refractivity contribution in [3.63, 3.8) is 0 Å². The minimum absolute atomic E-state index is 0.759. The van der Waals surface area contributed by atoms with E-state index in [9.17, 15) is 0 Å². The summed E-state index contributed by atoms with van der Waals surface area (Å²) in [6.07, 6.45) is 5.86. The van der Waals surface area contributed by atoms with Crippen LogP contribution in [0.1, 0.15) is 36.3 Å². The molecule has 0 saturated heterocycles. The Hall–Kier alpha value is -0.0800. The number of aryl methyl sites for hydroxylation is 1. The van der Waals surface area contributed by atoms with Crippen LogP contribution < -0.4 is 0 Å². The number of hydrogen-bond donors (Lipinski definition) is 0. The van der Waals surface area contributed by atoms with Gasteiger partial charge in [0.2, 0.25) is 0 Å². The maximum atomic E-state index is 3.81. The van der Waals surface area contributed by atoms with Gasteiger partial charge in [-0.05, 0) is 93.1 Å². The van der Waals surface area contributed by atoms with Crippen molar-refractivity contribution >= 4 is 31.9 Å². The Bertz CT molecular complexity index is 403. The maximum Gasteiger partial charge on any atom is 0.0320 e. The molecule has 2 rings (SSSR count). The van der Waals surface area contributed by atoms with Crippen LogP contribution in [0.15, 0.2) is 33.7 Å². The molecule has 0 unspecified atom stereocenters. The molecule has 86 valence electrons. The van der Waals surface area contributed by atoms with Crippen LogP contribution in [0, 0.1) is 12.8 Å². The summed E-state index contributed by atoms with van der Waals surface area (Å²) >= 11 is 7.13. The molecule has 1 aromatic rings. The lowest BCUT2D eigenvalue weighted by Crippen LogP contribution is -2.22. The van der Waals surface area contributed by atoms with Crippen LogP contribution in [-0.4, -0.2) is 0 Å². The molecule has 1 fully saturated rings. The lowest BCUT2D eigenvalue weighted by molar-refractivity contribution is 0.266. The largest absolute Gasteiger partial charge is 0.103 e. The summed E-state index contributed by atoms with van der Waals surface area (Å²) in [5.41, 5.74) is 2.91. The van der Waals surface area contributed by atoms with E-state index in [1.54, 1.807) is 0 Å². The Morgan fingerprint density at radius 3 is 2.56 bits per heavy atom. The summed E-state index contributed by atoms with van der Waals surface area (Å²) < 4.78 is 2.32. The van der Waals surface area contributed by atoms with Crippen LogP contribution in [0.2, 0.25) is 0 Å². The molecular weight excluding hydrogens is 328 g/mol. The number of benzene rings is 1. The molecule has 0 nitrogen and oxygen atoms in total. The fraction of sp³-hybridized carbons (Fsp3) is 0.429. The van der Waals surface area contributed by atoms with Gasteiger partial charge < -0.3 is 0 Å². The molecule has 1 aliphatic rings. The summed E-state index contributed by atoms with van der Waals surface area (Å²) in [6, 6.07) is 4.48. The van der Waals surface area contributed by atoms with Crippen LogP contribution in [0.4, 0.5) is 0 Å². The van der Waals surface area contributed by atoms with Gasteiger partial charge in [0.25, 0.3) is 0 Å². The monoisotopic (exact) mass is 342 g/mol. The molecule has 0 heterocycles. The molecule has 0 aromatic heterocycles. The highest BCUT2D eigenvalue weighted by Crippen LogP contribution is 2.45. The predicted octanol–water partition coefficient (Wildman–Crippen LogP) is 5.59. The SMILES string of the molecule is C=CCC1CC(c2cc(Br)c(Br)cc2C)C1. The standard InChI is InChI=1S/C14H16Br2/c1-3-4-10-6-11(7-10)12-8-14(16)13(15)5-9(12)2/h3,5,8,10-11H,1,4,6-7H2,2H3. The molecule has 1 aromatic carbocycles. The van der Waals surface area contributed by atoms with Crippen molar-refractivity contribution in [2.24, 2.45) is 5.92 Å². The van der Waals surface area contributed by atoms with Crippen LogP contribution in [0.3, 0.4) is 0 Å². The van der Waals surface area contributed by atoms with E-state index in [-0.39, 0.29) is 0 Å². The van der Waals surface area contributed by atoms with Gasteiger partial charge in [-0.1, -0.05) is 6.08 Å². The Labute approximate surface area is 114 Å². The highest BCUT2D eigenvalue weighted by molar-refractivity contribution is 9.13. The maximum absolute atomic E-state index is 3.81. The Kier molecular flexibility index (Phi) is 3.91. The van der Waals surface area contributed by atoms with Gasteiger partial charge >= 0.3 is 0 Å². The molecule has 1 aliphatic carbocycles. The average Bonchev–Trinajstić information content (AvgIpc) is 2.17. The van der Waals surface area contributed by atoms with E-state index in [4.69, 9.17) is 0 Å². The molecule has 0 atom stereocenters.